The number of rotatable bonds is 2. The normalized spacial score (nSPS) is 19.9. The largest absolute Gasteiger partial charge is 0.456 e. The number of benzene rings is 7. The Balaban J connectivity index is 0.862. The van der Waals surface area contributed by atoms with Gasteiger partial charge in [0.15, 0.2) is 0 Å². The minimum absolute atomic E-state index is 0.446. The van der Waals surface area contributed by atoms with Gasteiger partial charge in [-0.2, -0.15) is 0 Å². The van der Waals surface area contributed by atoms with Gasteiger partial charge in [-0.3, -0.25) is 0 Å². The lowest BCUT2D eigenvalue weighted by atomic mass is 9.62. The molecule has 3 unspecified atom stereocenters. The average Bonchev–Trinajstić information content (AvgIpc) is 3.81. The summed E-state index contributed by atoms with van der Waals surface area (Å²) in [5, 5.41) is 11.2. The van der Waals surface area contributed by atoms with Gasteiger partial charge in [0, 0.05) is 33.7 Å². The van der Waals surface area contributed by atoms with Gasteiger partial charge in [0.1, 0.15) is 22.5 Å². The smallest absolute Gasteiger partial charge is 0.139 e. The van der Waals surface area contributed by atoms with E-state index in [1.807, 2.05) is 0 Å². The third kappa shape index (κ3) is 4.33. The molecule has 0 saturated carbocycles. The van der Waals surface area contributed by atoms with Crippen LogP contribution < -0.4 is 0 Å². The van der Waals surface area contributed by atoms with Gasteiger partial charge < -0.3 is 8.83 Å². The second-order valence-electron chi connectivity index (χ2n) is 16.2. The summed E-state index contributed by atoms with van der Waals surface area (Å²) in [5.74, 6) is 2.42. The summed E-state index contributed by atoms with van der Waals surface area (Å²) in [5.41, 5.74) is 13.6. The molecule has 0 fully saturated rings. The van der Waals surface area contributed by atoms with Gasteiger partial charge in [-0.25, -0.2) is 0 Å². The van der Waals surface area contributed by atoms with Crippen LogP contribution in [-0.4, -0.2) is 0 Å². The molecule has 2 heterocycles. The quantitative estimate of drug-likeness (QED) is 0.167. The molecule has 0 radical (unpaired) electrons. The van der Waals surface area contributed by atoms with Crippen LogP contribution in [0.4, 0.5) is 0 Å². The van der Waals surface area contributed by atoms with E-state index in [0.29, 0.717) is 17.8 Å². The van der Waals surface area contributed by atoms with E-state index in [0.717, 1.165) is 58.1 Å². The molecule has 0 spiro atoms. The highest BCUT2D eigenvalue weighted by Crippen LogP contribution is 2.53. The van der Waals surface area contributed by atoms with Crippen LogP contribution >= 0.6 is 0 Å². The molecule has 0 amide bonds. The molecule has 4 aliphatic carbocycles. The first-order valence-electron chi connectivity index (χ1n) is 20.0. The zero-order chi connectivity index (χ0) is 36.5. The van der Waals surface area contributed by atoms with Gasteiger partial charge in [-0.1, -0.05) is 127 Å². The third-order valence-electron chi connectivity index (χ3n) is 13.4. The van der Waals surface area contributed by atoms with Crippen LogP contribution in [-0.2, 0) is 6.42 Å². The Morgan fingerprint density at radius 3 is 2.00 bits per heavy atom. The third-order valence-corrected chi connectivity index (χ3v) is 13.4. The Hall–Kier alpha value is -6.64. The maximum absolute atomic E-state index is 6.65. The van der Waals surface area contributed by atoms with E-state index in [4.69, 9.17) is 8.83 Å². The van der Waals surface area contributed by atoms with Gasteiger partial charge in [0.2, 0.25) is 0 Å². The predicted molar refractivity (Wildman–Crippen MR) is 233 cm³/mol. The van der Waals surface area contributed by atoms with Gasteiger partial charge in [0.25, 0.3) is 0 Å². The van der Waals surface area contributed by atoms with Crippen LogP contribution in [0.5, 0.6) is 0 Å². The maximum atomic E-state index is 6.65. The summed E-state index contributed by atoms with van der Waals surface area (Å²) in [6, 6.07) is 44.5. The molecule has 0 N–H and O–H groups in total. The van der Waals surface area contributed by atoms with Crippen LogP contribution in [0.25, 0.3) is 88.0 Å². The summed E-state index contributed by atoms with van der Waals surface area (Å²) in [6.45, 7) is 0. The molecule has 2 aromatic heterocycles. The summed E-state index contributed by atoms with van der Waals surface area (Å²) in [4.78, 5) is 0. The predicted octanol–water partition coefficient (Wildman–Crippen LogP) is 14.7. The molecule has 264 valence electrons. The average molecular weight is 717 g/mol. The van der Waals surface area contributed by atoms with E-state index in [1.54, 1.807) is 0 Å². The Labute approximate surface area is 324 Å². The molecule has 13 rings (SSSR count). The zero-order valence-electron chi connectivity index (χ0n) is 30.8. The van der Waals surface area contributed by atoms with Crippen molar-refractivity contribution >= 4 is 76.9 Å². The van der Waals surface area contributed by atoms with E-state index in [-0.39, 0.29) is 0 Å². The Morgan fingerprint density at radius 2 is 1.16 bits per heavy atom. The molecule has 3 atom stereocenters. The number of allylic oxidation sites excluding steroid dienone is 9. The molecule has 0 saturated heterocycles. The fourth-order valence-electron chi connectivity index (χ4n) is 10.8. The second-order valence-corrected chi connectivity index (χ2v) is 16.2. The lowest BCUT2D eigenvalue weighted by molar-refractivity contribution is 0.425. The van der Waals surface area contributed by atoms with E-state index >= 15 is 0 Å². The Morgan fingerprint density at radius 1 is 0.482 bits per heavy atom. The molecule has 0 bridgehead atoms. The molecule has 7 aromatic carbocycles. The standard InChI is InChI=1S/C54H36O2/c1-3-13-39-35(9-1)37-11-5-7-15-41(37)47-25-31(17-21-43(39)47)33-19-23-45-49-29-50-46-24-20-34(28-52(46)56-54(50)30-53(49)55-51(45)27-33)32-18-22-44-40-14-4-2-10-36(40)38-12-6-8-16-42(38)48(44)26-32/h1-19,21-23,25,27-30,38,42,48H,20,24,26H2. The van der Waals surface area contributed by atoms with E-state index in [2.05, 4.69) is 164 Å². The number of hydrogen-bond donors (Lipinski definition) is 0. The van der Waals surface area contributed by atoms with Crippen LogP contribution in [0.2, 0.25) is 0 Å². The SMILES string of the molecule is C1=CC2c3ccccc3C3=CC=C(C4=Cc5oc6cc7oc8cc(-c9ccc%10c%11ccccc%11c%11ccccc%11c%10c9)ccc8c7cc6c5CC4)CC3C2C=C1. The number of furan rings is 2. The molecule has 4 aliphatic rings. The minimum atomic E-state index is 0.446. The first kappa shape index (κ1) is 30.7. The highest BCUT2D eigenvalue weighted by atomic mass is 16.3. The fourth-order valence-corrected chi connectivity index (χ4v) is 10.8. The highest BCUT2D eigenvalue weighted by molar-refractivity contribution is 6.25. The topological polar surface area (TPSA) is 26.3 Å². The monoisotopic (exact) mass is 716 g/mol. The van der Waals surface area contributed by atoms with Crippen molar-refractivity contribution in [1.82, 2.24) is 0 Å². The summed E-state index contributed by atoms with van der Waals surface area (Å²) in [7, 11) is 0. The van der Waals surface area contributed by atoms with Crippen molar-refractivity contribution in [3.8, 4) is 11.1 Å². The summed E-state index contributed by atoms with van der Waals surface area (Å²) >= 11 is 0. The number of hydrogen-bond acceptors (Lipinski definition) is 2. The van der Waals surface area contributed by atoms with Gasteiger partial charge in [-0.05, 0) is 133 Å². The lowest BCUT2D eigenvalue weighted by Crippen LogP contribution is -2.29. The van der Waals surface area contributed by atoms with Crippen LogP contribution in [0.1, 0.15) is 41.2 Å². The number of aryl methyl sites for hydroxylation is 1. The summed E-state index contributed by atoms with van der Waals surface area (Å²) < 4.78 is 13.3. The van der Waals surface area contributed by atoms with Gasteiger partial charge in [0.05, 0.1) is 0 Å². The molecular formula is C54H36O2. The maximum Gasteiger partial charge on any atom is 0.139 e. The van der Waals surface area contributed by atoms with Crippen molar-refractivity contribution < 1.29 is 8.83 Å². The van der Waals surface area contributed by atoms with Crippen LogP contribution in [0.3, 0.4) is 0 Å². The lowest BCUT2D eigenvalue weighted by Gasteiger charge is -2.42. The van der Waals surface area contributed by atoms with Crippen molar-refractivity contribution in [3.05, 3.63) is 191 Å². The zero-order valence-corrected chi connectivity index (χ0v) is 30.8. The Bertz CT molecular complexity index is 3320. The Kier molecular flexibility index (Phi) is 6.27. The molecule has 2 nitrogen and oxygen atoms in total. The molecule has 56 heavy (non-hydrogen) atoms. The molecular weight excluding hydrogens is 681 g/mol. The molecule has 0 aliphatic heterocycles. The highest BCUT2D eigenvalue weighted by Gasteiger charge is 2.39. The van der Waals surface area contributed by atoms with Crippen molar-refractivity contribution in [2.75, 3.05) is 0 Å². The van der Waals surface area contributed by atoms with Crippen molar-refractivity contribution in [2.24, 2.45) is 11.8 Å². The molecule has 2 heteroatoms. The van der Waals surface area contributed by atoms with Gasteiger partial charge >= 0.3 is 0 Å². The second kappa shape index (κ2) is 11.4. The minimum Gasteiger partial charge on any atom is -0.456 e. The van der Waals surface area contributed by atoms with Crippen molar-refractivity contribution in [3.63, 3.8) is 0 Å². The van der Waals surface area contributed by atoms with Crippen LogP contribution in [0, 0.1) is 11.8 Å². The van der Waals surface area contributed by atoms with Crippen LogP contribution in [0.15, 0.2) is 178 Å². The first-order valence-corrected chi connectivity index (χ1v) is 20.0. The molecule has 9 aromatic rings. The van der Waals surface area contributed by atoms with E-state index in [1.165, 1.54) is 76.7 Å². The van der Waals surface area contributed by atoms with Crippen molar-refractivity contribution in [1.29, 1.82) is 0 Å². The first-order chi connectivity index (χ1) is 27.7. The summed E-state index contributed by atoms with van der Waals surface area (Å²) in [6.07, 6.45) is 19.5. The van der Waals surface area contributed by atoms with E-state index in [9.17, 15) is 0 Å². The number of fused-ring (bicyclic) bond motifs is 18. The van der Waals surface area contributed by atoms with E-state index < -0.39 is 0 Å². The van der Waals surface area contributed by atoms with Gasteiger partial charge in [-0.15, -0.1) is 0 Å². The fraction of sp³-hybridized carbons (Fsp3) is 0.111. The van der Waals surface area contributed by atoms with Crippen molar-refractivity contribution in [2.45, 2.75) is 25.2 Å².